The molecule has 5 aliphatic rings. The molecule has 0 aromatic carbocycles. The van der Waals surface area contributed by atoms with Crippen molar-refractivity contribution < 1.29 is 27.4 Å². The Bertz CT molecular complexity index is 793. The topological polar surface area (TPSA) is 98.9 Å². The van der Waals surface area contributed by atoms with E-state index in [2.05, 4.69) is 26.7 Å². The van der Waals surface area contributed by atoms with Crippen LogP contribution in [0.3, 0.4) is 0 Å². The first-order valence-corrected chi connectivity index (χ1v) is 12.9. The molecule has 12 heteroatoms. The van der Waals surface area contributed by atoms with Crippen LogP contribution in [0, 0.1) is 11.8 Å². The van der Waals surface area contributed by atoms with Crippen molar-refractivity contribution in [1.82, 2.24) is 31.7 Å². The molecule has 0 spiro atoms. The van der Waals surface area contributed by atoms with Crippen molar-refractivity contribution in [2.45, 2.75) is 88.5 Å². The van der Waals surface area contributed by atoms with E-state index in [4.69, 9.17) is 9.47 Å². The quantitative estimate of drug-likeness (QED) is 0.354. The number of hydrogen-bond acceptors (Lipinski definition) is 8. The Morgan fingerprint density at radius 3 is 2.89 bits per heavy atom. The standard InChI is InChI=1S/C23H37F3N6O3/c1-13-10-17(15-4-2-3-5-16(15)23(24,25)26)31-32-18(11-28-20(13)32)21(33)29-19-6-8-27-22(30-19)35-14-7-9-34-12-14/h5,13-15,17-20,22,27-28,30-31H,2-4,6-12H2,1H3,(H,29,33)/t13?,14-,15?,17?,18?,19?,20?,22?/m1/s1. The molecule has 4 heterocycles. The Balaban J connectivity index is 1.21. The van der Waals surface area contributed by atoms with Crippen LogP contribution < -0.4 is 26.7 Å². The van der Waals surface area contributed by atoms with E-state index in [0.29, 0.717) is 52.0 Å². The number of ether oxygens (including phenoxy) is 2. The minimum absolute atomic E-state index is 0.0284. The van der Waals surface area contributed by atoms with Crippen molar-refractivity contribution in [3.63, 3.8) is 0 Å². The summed E-state index contributed by atoms with van der Waals surface area (Å²) in [6.07, 6.45) is 0.235. The number of nitrogens with zero attached hydrogens (tertiary/aromatic N) is 1. The first kappa shape index (κ1) is 25.4. The largest absolute Gasteiger partial charge is 0.412 e. The van der Waals surface area contributed by atoms with Crippen LogP contribution >= 0.6 is 0 Å². The second kappa shape index (κ2) is 10.6. The normalized spacial score (nSPS) is 40.9. The van der Waals surface area contributed by atoms with Gasteiger partial charge in [0.2, 0.25) is 5.91 Å². The molecule has 5 rings (SSSR count). The number of fused-ring (bicyclic) bond motifs is 1. The molecule has 198 valence electrons. The highest BCUT2D eigenvalue weighted by Crippen LogP contribution is 2.42. The van der Waals surface area contributed by atoms with Gasteiger partial charge >= 0.3 is 6.18 Å². The molecule has 1 aliphatic carbocycles. The van der Waals surface area contributed by atoms with Gasteiger partial charge in [-0.3, -0.25) is 20.7 Å². The molecule has 0 saturated carbocycles. The zero-order chi connectivity index (χ0) is 24.6. The lowest BCUT2D eigenvalue weighted by Crippen LogP contribution is -2.66. The number of rotatable bonds is 5. The highest BCUT2D eigenvalue weighted by Gasteiger charge is 2.49. The van der Waals surface area contributed by atoms with E-state index in [1.54, 1.807) is 0 Å². The van der Waals surface area contributed by atoms with Gasteiger partial charge in [-0.1, -0.05) is 13.0 Å². The van der Waals surface area contributed by atoms with Crippen LogP contribution in [0.5, 0.6) is 0 Å². The SMILES string of the molecule is CC1CC(C2CCCC=C2C(F)(F)F)NN2C(C(=O)NC3CCNC(O[C@@H]4CCOC4)N3)CNC12. The van der Waals surface area contributed by atoms with Gasteiger partial charge in [-0.15, -0.1) is 0 Å². The van der Waals surface area contributed by atoms with Crippen molar-refractivity contribution in [3.05, 3.63) is 11.6 Å². The minimum Gasteiger partial charge on any atom is -0.379 e. The van der Waals surface area contributed by atoms with Crippen molar-refractivity contribution in [1.29, 1.82) is 0 Å². The summed E-state index contributed by atoms with van der Waals surface area (Å²) in [4.78, 5) is 13.3. The smallest absolute Gasteiger partial charge is 0.379 e. The number of halogens is 3. The summed E-state index contributed by atoms with van der Waals surface area (Å²) in [7, 11) is 0. The summed E-state index contributed by atoms with van der Waals surface area (Å²) < 4.78 is 52.5. The Labute approximate surface area is 203 Å². The van der Waals surface area contributed by atoms with Gasteiger partial charge in [0.25, 0.3) is 0 Å². The molecule has 4 aliphatic heterocycles. The van der Waals surface area contributed by atoms with Crippen LogP contribution in [0.4, 0.5) is 13.2 Å². The zero-order valence-electron chi connectivity index (χ0n) is 20.1. The Morgan fingerprint density at radius 1 is 1.26 bits per heavy atom. The average Bonchev–Trinajstić information content (AvgIpc) is 3.49. The summed E-state index contributed by atoms with van der Waals surface area (Å²) in [6.45, 7) is 4.44. The number of hydrogen-bond donors (Lipinski definition) is 5. The molecule has 7 unspecified atom stereocenters. The highest BCUT2D eigenvalue weighted by atomic mass is 19.4. The monoisotopic (exact) mass is 502 g/mol. The maximum Gasteiger partial charge on any atom is 0.412 e. The second-order valence-corrected chi connectivity index (χ2v) is 10.4. The fourth-order valence-corrected chi connectivity index (χ4v) is 6.13. The van der Waals surface area contributed by atoms with Gasteiger partial charge in [-0.25, -0.2) is 10.4 Å². The van der Waals surface area contributed by atoms with Crippen molar-refractivity contribution in [3.8, 4) is 0 Å². The van der Waals surface area contributed by atoms with Crippen molar-refractivity contribution >= 4 is 5.91 Å². The molecule has 0 aromatic rings. The third kappa shape index (κ3) is 5.68. The van der Waals surface area contributed by atoms with Gasteiger partial charge in [-0.05, 0) is 44.4 Å². The molecule has 4 saturated heterocycles. The van der Waals surface area contributed by atoms with E-state index < -0.39 is 23.7 Å². The third-order valence-electron chi connectivity index (χ3n) is 7.88. The molecular formula is C23H37F3N6O3. The lowest BCUT2D eigenvalue weighted by Gasteiger charge is -2.46. The van der Waals surface area contributed by atoms with Crippen LogP contribution in [-0.2, 0) is 14.3 Å². The first-order valence-electron chi connectivity index (χ1n) is 12.9. The number of carbonyl (C=O) groups is 1. The molecular weight excluding hydrogens is 465 g/mol. The van der Waals surface area contributed by atoms with Crippen molar-refractivity contribution in [2.75, 3.05) is 26.3 Å². The zero-order valence-corrected chi connectivity index (χ0v) is 20.1. The second-order valence-electron chi connectivity index (χ2n) is 10.4. The molecule has 5 N–H and O–H groups in total. The van der Waals surface area contributed by atoms with E-state index in [1.807, 2.05) is 11.9 Å². The van der Waals surface area contributed by atoms with Gasteiger partial charge in [0, 0.05) is 37.2 Å². The molecule has 9 nitrogen and oxygen atoms in total. The Hall–Kier alpha value is -1.28. The van der Waals surface area contributed by atoms with Crippen molar-refractivity contribution in [2.24, 2.45) is 11.8 Å². The molecule has 35 heavy (non-hydrogen) atoms. The van der Waals surface area contributed by atoms with Crippen LogP contribution in [0.25, 0.3) is 0 Å². The van der Waals surface area contributed by atoms with Crippen LogP contribution in [0.2, 0.25) is 0 Å². The first-order chi connectivity index (χ1) is 16.8. The highest BCUT2D eigenvalue weighted by molar-refractivity contribution is 5.82. The molecule has 4 fully saturated rings. The van der Waals surface area contributed by atoms with E-state index in [9.17, 15) is 18.0 Å². The number of amides is 1. The van der Waals surface area contributed by atoms with Gasteiger partial charge in [0.15, 0.2) is 6.35 Å². The van der Waals surface area contributed by atoms with Gasteiger partial charge in [0.05, 0.1) is 25.0 Å². The third-order valence-corrected chi connectivity index (χ3v) is 7.88. The van der Waals surface area contributed by atoms with Gasteiger partial charge in [-0.2, -0.15) is 13.2 Å². The molecule has 1 amide bonds. The maximum atomic E-state index is 13.7. The Morgan fingerprint density at radius 2 is 2.11 bits per heavy atom. The van der Waals surface area contributed by atoms with E-state index >= 15 is 0 Å². The van der Waals surface area contributed by atoms with E-state index in [-0.39, 0.29) is 42.7 Å². The Kier molecular flexibility index (Phi) is 7.69. The lowest BCUT2D eigenvalue weighted by molar-refractivity contribution is -0.132. The minimum atomic E-state index is -4.32. The molecule has 0 radical (unpaired) electrons. The molecule has 0 aromatic heterocycles. The van der Waals surface area contributed by atoms with E-state index in [0.717, 1.165) is 12.8 Å². The number of nitrogens with one attached hydrogen (secondary N) is 5. The number of alkyl halides is 3. The van der Waals surface area contributed by atoms with Crippen LogP contribution in [0.1, 0.15) is 45.4 Å². The van der Waals surface area contributed by atoms with Gasteiger partial charge in [0.1, 0.15) is 6.04 Å². The summed E-state index contributed by atoms with van der Waals surface area (Å²) in [5.41, 5.74) is 2.92. The fourth-order valence-electron chi connectivity index (χ4n) is 6.13. The predicted molar refractivity (Wildman–Crippen MR) is 121 cm³/mol. The number of carbonyl (C=O) groups excluding carboxylic acids is 1. The summed E-state index contributed by atoms with van der Waals surface area (Å²) in [5.74, 6) is -0.642. The van der Waals surface area contributed by atoms with Gasteiger partial charge < -0.3 is 14.8 Å². The number of hydrazine groups is 1. The summed E-state index contributed by atoms with van der Waals surface area (Å²) >= 11 is 0. The average molecular weight is 503 g/mol. The molecule has 8 atom stereocenters. The van der Waals surface area contributed by atoms with Crippen LogP contribution in [-0.4, -0.2) is 80.3 Å². The summed E-state index contributed by atoms with van der Waals surface area (Å²) in [6, 6.07) is -0.862. The lowest BCUT2D eigenvalue weighted by atomic mass is 9.78. The van der Waals surface area contributed by atoms with Crippen LogP contribution in [0.15, 0.2) is 11.6 Å². The predicted octanol–water partition coefficient (Wildman–Crippen LogP) is 0.902. The maximum absolute atomic E-state index is 13.7. The summed E-state index contributed by atoms with van der Waals surface area (Å²) in [5, 5.41) is 14.9. The fraction of sp³-hybridized carbons (Fsp3) is 0.870. The van der Waals surface area contributed by atoms with E-state index in [1.165, 1.54) is 6.08 Å². The molecule has 0 bridgehead atoms. The number of allylic oxidation sites excluding steroid dienone is 1.